The minimum Gasteiger partial charge on any atom is -0.489 e. The fourth-order valence-corrected chi connectivity index (χ4v) is 3.21. The fraction of sp³-hybridized carbons (Fsp3) is 0.308. The van der Waals surface area contributed by atoms with E-state index in [9.17, 15) is 0 Å². The fourth-order valence-electron chi connectivity index (χ4n) is 3.21. The summed E-state index contributed by atoms with van der Waals surface area (Å²) in [6, 6.07) is 24.9. The molecule has 3 aromatic rings. The Morgan fingerprint density at radius 3 is 1.25 bits per heavy atom. The number of rotatable bonds is 8. The van der Waals surface area contributed by atoms with Gasteiger partial charge in [-0.2, -0.15) is 0 Å². The Balaban J connectivity index is 1.86. The van der Waals surface area contributed by atoms with Crippen LogP contribution in [0.4, 0.5) is 0 Å². The summed E-state index contributed by atoms with van der Waals surface area (Å²) in [5.74, 6) is 2.61. The van der Waals surface area contributed by atoms with E-state index in [-0.39, 0.29) is 0 Å². The van der Waals surface area contributed by atoms with Crippen LogP contribution in [0.5, 0.6) is 11.5 Å². The molecule has 0 unspecified atom stereocenters. The number of hydrogen-bond acceptors (Lipinski definition) is 2. The van der Waals surface area contributed by atoms with Gasteiger partial charge in [0.05, 0.1) is 0 Å². The van der Waals surface area contributed by atoms with Gasteiger partial charge in [0.2, 0.25) is 0 Å². The van der Waals surface area contributed by atoms with Gasteiger partial charge >= 0.3 is 0 Å². The van der Waals surface area contributed by atoms with Crippen molar-refractivity contribution in [1.82, 2.24) is 0 Å². The molecule has 0 N–H and O–H groups in total. The minimum absolute atomic E-state index is 0.353. The summed E-state index contributed by atoms with van der Waals surface area (Å²) in [4.78, 5) is 0. The lowest BCUT2D eigenvalue weighted by molar-refractivity contribution is 0.290. The average Bonchev–Trinajstić information content (AvgIpc) is 2.71. The second-order valence-corrected chi connectivity index (χ2v) is 7.79. The molecular weight excluding hydrogens is 344 g/mol. The van der Waals surface area contributed by atoms with Crippen LogP contribution in [0.1, 0.15) is 61.8 Å². The SMILES string of the molecule is CC(C)c1cc(OCc2ccccc2)c(C(C)C)cc1OCc1ccccc1. The van der Waals surface area contributed by atoms with Gasteiger partial charge in [0.15, 0.2) is 0 Å². The first-order chi connectivity index (χ1) is 13.5. The maximum Gasteiger partial charge on any atom is 0.123 e. The minimum atomic E-state index is 0.353. The quantitative estimate of drug-likeness (QED) is 0.419. The molecule has 0 aliphatic carbocycles. The Kier molecular flexibility index (Phi) is 6.76. The molecular formula is C26H30O2. The van der Waals surface area contributed by atoms with E-state index in [4.69, 9.17) is 9.47 Å². The van der Waals surface area contributed by atoms with Crippen molar-refractivity contribution < 1.29 is 9.47 Å². The Labute approximate surface area is 169 Å². The molecule has 0 fully saturated rings. The summed E-state index contributed by atoms with van der Waals surface area (Å²) < 4.78 is 12.5. The maximum atomic E-state index is 6.24. The van der Waals surface area contributed by atoms with E-state index in [0.717, 1.165) is 11.5 Å². The number of benzene rings is 3. The molecule has 0 aromatic heterocycles. The molecule has 0 amide bonds. The van der Waals surface area contributed by atoms with Crippen molar-refractivity contribution in [2.45, 2.75) is 52.7 Å². The van der Waals surface area contributed by atoms with Gasteiger partial charge in [0, 0.05) is 11.1 Å². The van der Waals surface area contributed by atoms with Crippen molar-refractivity contribution in [3.8, 4) is 11.5 Å². The zero-order valence-electron chi connectivity index (χ0n) is 17.3. The Morgan fingerprint density at radius 1 is 0.571 bits per heavy atom. The van der Waals surface area contributed by atoms with Crippen molar-refractivity contribution in [2.24, 2.45) is 0 Å². The zero-order chi connectivity index (χ0) is 19.9. The highest BCUT2D eigenvalue weighted by atomic mass is 16.5. The molecule has 2 nitrogen and oxygen atoms in total. The van der Waals surface area contributed by atoms with Crippen molar-refractivity contribution in [3.05, 3.63) is 95.1 Å². The number of ether oxygens (including phenoxy) is 2. The predicted octanol–water partition coefficient (Wildman–Crippen LogP) is 7.09. The second-order valence-electron chi connectivity index (χ2n) is 7.79. The van der Waals surface area contributed by atoms with Crippen LogP contribution in [0.25, 0.3) is 0 Å². The molecule has 2 heteroatoms. The molecule has 0 saturated carbocycles. The van der Waals surface area contributed by atoms with E-state index in [2.05, 4.69) is 64.1 Å². The summed E-state index contributed by atoms with van der Waals surface area (Å²) >= 11 is 0. The Morgan fingerprint density at radius 2 is 0.929 bits per heavy atom. The van der Waals surface area contributed by atoms with Gasteiger partial charge in [-0.15, -0.1) is 0 Å². The molecule has 0 spiro atoms. The van der Waals surface area contributed by atoms with Crippen LogP contribution >= 0.6 is 0 Å². The van der Waals surface area contributed by atoms with Gasteiger partial charge in [-0.05, 0) is 35.1 Å². The van der Waals surface area contributed by atoms with Crippen LogP contribution in [0.3, 0.4) is 0 Å². The highest BCUT2D eigenvalue weighted by molar-refractivity contribution is 5.49. The van der Waals surface area contributed by atoms with E-state index < -0.39 is 0 Å². The zero-order valence-corrected chi connectivity index (χ0v) is 17.3. The number of hydrogen-bond donors (Lipinski definition) is 0. The summed E-state index contributed by atoms with van der Waals surface area (Å²) in [7, 11) is 0. The first kappa shape index (κ1) is 20.0. The molecule has 3 aromatic carbocycles. The van der Waals surface area contributed by atoms with E-state index in [1.165, 1.54) is 22.3 Å². The molecule has 0 aliphatic rings. The van der Waals surface area contributed by atoms with Crippen molar-refractivity contribution in [1.29, 1.82) is 0 Å². The van der Waals surface area contributed by atoms with Gasteiger partial charge in [-0.1, -0.05) is 88.4 Å². The monoisotopic (exact) mass is 374 g/mol. The molecule has 0 aliphatic heterocycles. The molecule has 3 rings (SSSR count). The topological polar surface area (TPSA) is 18.5 Å². The summed E-state index contributed by atoms with van der Waals surface area (Å²) in [6.07, 6.45) is 0. The van der Waals surface area contributed by atoms with Crippen LogP contribution in [-0.4, -0.2) is 0 Å². The van der Waals surface area contributed by atoms with Crippen molar-refractivity contribution >= 4 is 0 Å². The molecule has 0 heterocycles. The third kappa shape index (κ3) is 5.16. The largest absolute Gasteiger partial charge is 0.489 e. The molecule has 28 heavy (non-hydrogen) atoms. The van der Waals surface area contributed by atoms with Crippen LogP contribution < -0.4 is 9.47 Å². The standard InChI is InChI=1S/C26H30O2/c1-19(2)23-15-26(28-18-22-13-9-6-10-14-22)24(20(3)4)16-25(23)27-17-21-11-7-5-8-12-21/h5-16,19-20H,17-18H2,1-4H3. The molecule has 146 valence electrons. The van der Waals surface area contributed by atoms with Gasteiger partial charge < -0.3 is 9.47 Å². The smallest absolute Gasteiger partial charge is 0.123 e. The summed E-state index contributed by atoms with van der Waals surface area (Å²) in [5.41, 5.74) is 4.71. The van der Waals surface area contributed by atoms with Gasteiger partial charge in [-0.25, -0.2) is 0 Å². The van der Waals surface area contributed by atoms with Crippen LogP contribution in [0.2, 0.25) is 0 Å². The molecule has 0 atom stereocenters. The van der Waals surface area contributed by atoms with Crippen molar-refractivity contribution in [2.75, 3.05) is 0 Å². The lowest BCUT2D eigenvalue weighted by atomic mass is 9.95. The van der Waals surface area contributed by atoms with Gasteiger partial charge in [0.25, 0.3) is 0 Å². The summed E-state index contributed by atoms with van der Waals surface area (Å²) in [5, 5.41) is 0. The lowest BCUT2D eigenvalue weighted by Crippen LogP contribution is -2.05. The average molecular weight is 375 g/mol. The van der Waals surface area contributed by atoms with Gasteiger partial charge in [0.1, 0.15) is 24.7 Å². The predicted molar refractivity (Wildman–Crippen MR) is 116 cm³/mol. The van der Waals surface area contributed by atoms with Crippen LogP contribution in [-0.2, 0) is 13.2 Å². The van der Waals surface area contributed by atoms with E-state index in [0.29, 0.717) is 25.0 Å². The second kappa shape index (κ2) is 9.45. The third-order valence-corrected chi connectivity index (χ3v) is 4.86. The first-order valence-corrected chi connectivity index (χ1v) is 10.1. The van der Waals surface area contributed by atoms with E-state index in [1.54, 1.807) is 0 Å². The molecule has 0 bridgehead atoms. The van der Waals surface area contributed by atoms with Crippen LogP contribution in [0, 0.1) is 0 Å². The Bertz CT molecular complexity index is 792. The molecule has 0 saturated heterocycles. The highest BCUT2D eigenvalue weighted by Crippen LogP contribution is 2.37. The van der Waals surface area contributed by atoms with Crippen molar-refractivity contribution in [3.63, 3.8) is 0 Å². The molecule has 0 radical (unpaired) electrons. The Hall–Kier alpha value is -2.74. The van der Waals surface area contributed by atoms with Gasteiger partial charge in [-0.3, -0.25) is 0 Å². The lowest BCUT2D eigenvalue weighted by Gasteiger charge is -2.21. The maximum absolute atomic E-state index is 6.24. The summed E-state index contributed by atoms with van der Waals surface area (Å²) in [6.45, 7) is 9.92. The third-order valence-electron chi connectivity index (χ3n) is 4.86. The highest BCUT2D eigenvalue weighted by Gasteiger charge is 2.17. The normalized spacial score (nSPS) is 11.1. The van der Waals surface area contributed by atoms with E-state index in [1.807, 2.05) is 36.4 Å². The first-order valence-electron chi connectivity index (χ1n) is 10.1. The van der Waals surface area contributed by atoms with E-state index >= 15 is 0 Å². The van der Waals surface area contributed by atoms with Crippen LogP contribution in [0.15, 0.2) is 72.8 Å².